The highest BCUT2D eigenvalue weighted by Crippen LogP contribution is 2.25. The number of aliphatic hydroxyl groups excluding tert-OH is 1. The quantitative estimate of drug-likeness (QED) is 0.754. The van der Waals surface area contributed by atoms with Gasteiger partial charge in [-0.05, 0) is 17.9 Å². The summed E-state index contributed by atoms with van der Waals surface area (Å²) < 4.78 is 0. The Morgan fingerprint density at radius 1 is 1.19 bits per heavy atom. The first kappa shape index (κ1) is 15.8. The maximum atomic E-state index is 11.9. The van der Waals surface area contributed by atoms with Gasteiger partial charge in [-0.15, -0.1) is 0 Å². The van der Waals surface area contributed by atoms with Crippen LogP contribution < -0.4 is 10.6 Å². The molecule has 1 atom stereocenters. The van der Waals surface area contributed by atoms with E-state index in [9.17, 15) is 9.90 Å². The summed E-state index contributed by atoms with van der Waals surface area (Å²) >= 11 is 0. The van der Waals surface area contributed by atoms with E-state index in [1.54, 1.807) is 0 Å². The van der Waals surface area contributed by atoms with E-state index in [0.717, 1.165) is 17.9 Å². The van der Waals surface area contributed by atoms with Crippen LogP contribution in [-0.4, -0.2) is 24.3 Å². The third kappa shape index (κ3) is 5.38. The van der Waals surface area contributed by atoms with E-state index in [0.29, 0.717) is 6.54 Å². The maximum absolute atomic E-state index is 11.9. The van der Waals surface area contributed by atoms with Crippen LogP contribution >= 0.6 is 0 Å². The number of amides is 2. The second kappa shape index (κ2) is 8.67. The van der Waals surface area contributed by atoms with Crippen LogP contribution in [-0.2, 0) is 0 Å². The van der Waals surface area contributed by atoms with Crippen molar-refractivity contribution in [3.05, 3.63) is 35.9 Å². The predicted octanol–water partition coefficient (Wildman–Crippen LogP) is 2.99. The van der Waals surface area contributed by atoms with Gasteiger partial charge in [0.05, 0.1) is 12.6 Å². The fourth-order valence-corrected chi connectivity index (χ4v) is 2.99. The molecule has 1 fully saturated rings. The Morgan fingerprint density at radius 3 is 2.57 bits per heavy atom. The molecule has 2 amide bonds. The van der Waals surface area contributed by atoms with Crippen molar-refractivity contribution in [1.82, 2.24) is 10.6 Å². The molecule has 0 radical (unpaired) electrons. The van der Waals surface area contributed by atoms with Gasteiger partial charge in [0.1, 0.15) is 0 Å². The highest BCUT2D eigenvalue weighted by atomic mass is 16.3. The molecule has 1 unspecified atom stereocenters. The van der Waals surface area contributed by atoms with Crippen LogP contribution in [0.25, 0.3) is 0 Å². The van der Waals surface area contributed by atoms with E-state index >= 15 is 0 Å². The van der Waals surface area contributed by atoms with E-state index in [4.69, 9.17) is 0 Å². The van der Waals surface area contributed by atoms with Crippen molar-refractivity contribution >= 4 is 6.03 Å². The molecular formula is C17H26N2O2. The molecule has 0 aromatic heterocycles. The fraction of sp³-hybridized carbons (Fsp3) is 0.588. The first-order chi connectivity index (χ1) is 10.3. The number of carbonyl (C=O) groups is 1. The Hall–Kier alpha value is -1.55. The van der Waals surface area contributed by atoms with E-state index in [2.05, 4.69) is 10.6 Å². The zero-order valence-corrected chi connectivity index (χ0v) is 12.6. The van der Waals surface area contributed by atoms with Crippen LogP contribution in [0.1, 0.15) is 50.1 Å². The number of urea groups is 1. The molecule has 4 nitrogen and oxygen atoms in total. The SMILES string of the molecule is O=C(NCCC1CCCCC1)NC(CO)c1ccccc1. The lowest BCUT2D eigenvalue weighted by atomic mass is 9.87. The molecule has 1 saturated carbocycles. The monoisotopic (exact) mass is 290 g/mol. The molecule has 21 heavy (non-hydrogen) atoms. The second-order valence-electron chi connectivity index (χ2n) is 5.84. The number of benzene rings is 1. The van der Waals surface area contributed by atoms with E-state index in [-0.39, 0.29) is 18.7 Å². The standard InChI is InChI=1S/C17H26N2O2/c20-13-16(15-9-5-2-6-10-15)19-17(21)18-12-11-14-7-3-1-4-8-14/h2,5-6,9-10,14,16,20H,1,3-4,7-8,11-13H2,(H2,18,19,21). The van der Waals surface area contributed by atoms with Crippen molar-refractivity contribution in [2.45, 2.75) is 44.6 Å². The normalized spacial score (nSPS) is 17.2. The highest BCUT2D eigenvalue weighted by Gasteiger charge is 2.15. The van der Waals surface area contributed by atoms with Gasteiger partial charge in [0.15, 0.2) is 0 Å². The molecule has 0 heterocycles. The molecule has 0 bridgehead atoms. The molecule has 116 valence electrons. The lowest BCUT2D eigenvalue weighted by Crippen LogP contribution is -2.40. The molecule has 4 heteroatoms. The predicted molar refractivity (Wildman–Crippen MR) is 84.0 cm³/mol. The minimum atomic E-state index is -0.346. The van der Waals surface area contributed by atoms with Gasteiger partial charge in [-0.25, -0.2) is 4.79 Å². The van der Waals surface area contributed by atoms with Crippen molar-refractivity contribution in [3.8, 4) is 0 Å². The zero-order chi connectivity index (χ0) is 14.9. The minimum Gasteiger partial charge on any atom is -0.394 e. The van der Waals surface area contributed by atoms with Crippen molar-refractivity contribution in [1.29, 1.82) is 0 Å². The summed E-state index contributed by atoms with van der Waals surface area (Å²) in [5.74, 6) is 0.766. The zero-order valence-electron chi connectivity index (χ0n) is 12.6. The Bertz CT molecular complexity index is 416. The van der Waals surface area contributed by atoms with E-state index in [1.807, 2.05) is 30.3 Å². The Balaban J connectivity index is 1.70. The molecule has 1 aromatic rings. The Morgan fingerprint density at radius 2 is 1.90 bits per heavy atom. The van der Waals surface area contributed by atoms with Crippen LogP contribution in [0.3, 0.4) is 0 Å². The minimum absolute atomic E-state index is 0.0972. The largest absolute Gasteiger partial charge is 0.394 e. The first-order valence-electron chi connectivity index (χ1n) is 7.99. The van der Waals surface area contributed by atoms with E-state index in [1.165, 1.54) is 32.1 Å². The van der Waals surface area contributed by atoms with Gasteiger partial charge in [0.2, 0.25) is 0 Å². The van der Waals surface area contributed by atoms with Crippen LogP contribution in [0.2, 0.25) is 0 Å². The lowest BCUT2D eigenvalue weighted by Gasteiger charge is -2.22. The average Bonchev–Trinajstić information content (AvgIpc) is 2.54. The molecule has 0 aliphatic heterocycles. The fourth-order valence-electron chi connectivity index (χ4n) is 2.99. The molecule has 3 N–H and O–H groups in total. The highest BCUT2D eigenvalue weighted by molar-refractivity contribution is 5.74. The van der Waals surface area contributed by atoms with Crippen molar-refractivity contribution in [2.24, 2.45) is 5.92 Å². The third-order valence-corrected chi connectivity index (χ3v) is 4.25. The Kier molecular flexibility index (Phi) is 6.54. The molecular weight excluding hydrogens is 264 g/mol. The van der Waals surface area contributed by atoms with Crippen LogP contribution in [0.5, 0.6) is 0 Å². The summed E-state index contributed by atoms with van der Waals surface area (Å²) in [6.45, 7) is 0.615. The van der Waals surface area contributed by atoms with Crippen LogP contribution in [0.15, 0.2) is 30.3 Å². The summed E-state index contributed by atoms with van der Waals surface area (Å²) in [6.07, 6.45) is 7.68. The maximum Gasteiger partial charge on any atom is 0.315 e. The summed E-state index contributed by atoms with van der Waals surface area (Å²) in [7, 11) is 0. The van der Waals surface area contributed by atoms with Gasteiger partial charge in [-0.2, -0.15) is 0 Å². The van der Waals surface area contributed by atoms with Gasteiger partial charge < -0.3 is 15.7 Å². The molecule has 1 aliphatic rings. The first-order valence-corrected chi connectivity index (χ1v) is 7.99. The van der Waals surface area contributed by atoms with Gasteiger partial charge in [-0.1, -0.05) is 62.4 Å². The summed E-state index contributed by atoms with van der Waals surface area (Å²) in [4.78, 5) is 11.9. The lowest BCUT2D eigenvalue weighted by molar-refractivity contribution is 0.216. The summed E-state index contributed by atoms with van der Waals surface area (Å²) in [5, 5.41) is 15.1. The number of carbonyl (C=O) groups excluding carboxylic acids is 1. The van der Waals surface area contributed by atoms with Gasteiger partial charge in [0, 0.05) is 6.54 Å². The summed E-state index contributed by atoms with van der Waals surface area (Å²) in [5.41, 5.74) is 0.919. The topological polar surface area (TPSA) is 61.4 Å². The molecule has 2 rings (SSSR count). The number of hydrogen-bond donors (Lipinski definition) is 3. The number of aliphatic hydroxyl groups is 1. The van der Waals surface area contributed by atoms with Crippen LogP contribution in [0.4, 0.5) is 4.79 Å². The molecule has 1 aliphatic carbocycles. The number of hydrogen-bond acceptors (Lipinski definition) is 2. The summed E-state index contributed by atoms with van der Waals surface area (Å²) in [6, 6.07) is 8.99. The molecule has 0 spiro atoms. The second-order valence-corrected chi connectivity index (χ2v) is 5.84. The van der Waals surface area contributed by atoms with Gasteiger partial charge in [-0.3, -0.25) is 0 Å². The van der Waals surface area contributed by atoms with E-state index < -0.39 is 0 Å². The number of rotatable bonds is 6. The number of nitrogens with one attached hydrogen (secondary N) is 2. The molecule has 0 saturated heterocycles. The Labute approximate surface area is 126 Å². The average molecular weight is 290 g/mol. The van der Waals surface area contributed by atoms with Gasteiger partial charge >= 0.3 is 6.03 Å². The van der Waals surface area contributed by atoms with Gasteiger partial charge in [0.25, 0.3) is 0 Å². The smallest absolute Gasteiger partial charge is 0.315 e. The molecule has 1 aromatic carbocycles. The van der Waals surface area contributed by atoms with Crippen molar-refractivity contribution < 1.29 is 9.90 Å². The van der Waals surface area contributed by atoms with Crippen LogP contribution in [0, 0.1) is 5.92 Å². The van der Waals surface area contributed by atoms with Crippen molar-refractivity contribution in [2.75, 3.05) is 13.2 Å². The van der Waals surface area contributed by atoms with Crippen molar-refractivity contribution in [3.63, 3.8) is 0 Å². The third-order valence-electron chi connectivity index (χ3n) is 4.25.